The summed E-state index contributed by atoms with van der Waals surface area (Å²) in [7, 11) is 0. The van der Waals surface area contributed by atoms with Crippen LogP contribution in [0.3, 0.4) is 0 Å². The molecule has 0 saturated heterocycles. The van der Waals surface area contributed by atoms with E-state index in [1.165, 1.54) is 17.8 Å². The molecule has 0 bridgehead atoms. The largest absolute Gasteiger partial charge is 0.430 e. The zero-order chi connectivity index (χ0) is 13.0. The lowest BCUT2D eigenvalue weighted by molar-refractivity contribution is -0.146. The van der Waals surface area contributed by atoms with Gasteiger partial charge in [-0.1, -0.05) is 24.0 Å². The van der Waals surface area contributed by atoms with E-state index >= 15 is 0 Å². The molecular weight excluding hydrogens is 260 g/mol. The second kappa shape index (κ2) is 5.92. The van der Waals surface area contributed by atoms with Crippen LogP contribution in [0, 0.1) is 5.92 Å². The molecule has 0 fully saturated rings. The molecule has 0 aromatic heterocycles. The summed E-state index contributed by atoms with van der Waals surface area (Å²) in [5.41, 5.74) is 2.92. The zero-order valence-corrected chi connectivity index (χ0v) is 11.3. The van der Waals surface area contributed by atoms with Gasteiger partial charge in [-0.25, -0.2) is 0 Å². The number of esters is 1. The quantitative estimate of drug-likeness (QED) is 0.268. The molecule has 1 atom stereocenters. The fourth-order valence-electron chi connectivity index (χ4n) is 1.27. The average Bonchev–Trinajstić information content (AvgIpc) is 2.24. The lowest BCUT2D eigenvalue weighted by Gasteiger charge is -2.17. The van der Waals surface area contributed by atoms with Crippen molar-refractivity contribution in [2.45, 2.75) is 13.8 Å². The molecule has 0 aromatic carbocycles. The summed E-state index contributed by atoms with van der Waals surface area (Å²) in [4.78, 5) is 23.2. The van der Waals surface area contributed by atoms with Crippen LogP contribution in [0.4, 0.5) is 0 Å². The van der Waals surface area contributed by atoms with Crippen molar-refractivity contribution < 1.29 is 14.3 Å². The van der Waals surface area contributed by atoms with Crippen LogP contribution in [-0.4, -0.2) is 28.0 Å². The van der Waals surface area contributed by atoms with Gasteiger partial charge in [0.05, 0.1) is 5.71 Å². The van der Waals surface area contributed by atoms with Crippen molar-refractivity contribution in [1.29, 1.82) is 0 Å². The Hall–Kier alpha value is -1.21. The van der Waals surface area contributed by atoms with Gasteiger partial charge in [0, 0.05) is 6.08 Å². The van der Waals surface area contributed by atoms with E-state index in [4.69, 9.17) is 17.0 Å². The van der Waals surface area contributed by atoms with Gasteiger partial charge in [-0.2, -0.15) is 5.10 Å². The Labute approximate surface area is 109 Å². The number of nitrogens with one attached hydrogen (secondary N) is 1. The van der Waals surface area contributed by atoms with Gasteiger partial charge in [-0.3, -0.25) is 15.0 Å². The summed E-state index contributed by atoms with van der Waals surface area (Å²) in [6.45, 7) is 3.13. The number of carbonyl (C=O) groups excluding carboxylic acids is 2. The highest BCUT2D eigenvalue weighted by molar-refractivity contribution is 8.22. The number of hydrogen-bond donors (Lipinski definition) is 1. The molecule has 0 aliphatic carbocycles. The van der Waals surface area contributed by atoms with Crippen molar-refractivity contribution in [1.82, 2.24) is 5.43 Å². The smallest absolute Gasteiger partial charge is 0.327 e. The average molecular weight is 272 g/mol. The van der Waals surface area contributed by atoms with E-state index in [1.807, 2.05) is 0 Å². The van der Waals surface area contributed by atoms with Crippen LogP contribution >= 0.6 is 24.0 Å². The summed E-state index contributed by atoms with van der Waals surface area (Å²) >= 11 is 6.20. The van der Waals surface area contributed by atoms with Gasteiger partial charge >= 0.3 is 5.97 Å². The van der Waals surface area contributed by atoms with Crippen LogP contribution in [0.2, 0.25) is 0 Å². The molecule has 1 rings (SSSR count). The maximum absolute atomic E-state index is 11.6. The van der Waals surface area contributed by atoms with E-state index in [-0.39, 0.29) is 5.78 Å². The van der Waals surface area contributed by atoms with Gasteiger partial charge in [0.1, 0.15) is 5.76 Å². The van der Waals surface area contributed by atoms with Crippen LogP contribution in [0.1, 0.15) is 13.8 Å². The standard InChI is InChI=1S/C10H12N2O3S2/c1-5-4-7(13)8(9(14)15-5)6(2)11-12-10(16)17-3/h4,8H,1-3H3,(H,12,16)/b11-6+. The predicted octanol–water partition coefficient (Wildman–Crippen LogP) is 1.25. The van der Waals surface area contributed by atoms with Gasteiger partial charge in [-0.15, -0.1) is 0 Å². The molecule has 17 heavy (non-hydrogen) atoms. The lowest BCUT2D eigenvalue weighted by Crippen LogP contribution is -2.35. The zero-order valence-electron chi connectivity index (χ0n) is 9.64. The third-order valence-electron chi connectivity index (χ3n) is 2.05. The van der Waals surface area contributed by atoms with E-state index in [2.05, 4.69) is 10.5 Å². The van der Waals surface area contributed by atoms with Gasteiger partial charge < -0.3 is 4.74 Å². The highest BCUT2D eigenvalue weighted by atomic mass is 32.2. The number of hydrazone groups is 1. The Balaban J connectivity index is 2.82. The number of rotatable bonds is 2. The van der Waals surface area contributed by atoms with Gasteiger partial charge in [0.25, 0.3) is 0 Å². The fraction of sp³-hybridized carbons (Fsp3) is 0.400. The second-order valence-corrected chi connectivity index (χ2v) is 4.85. The molecule has 1 aliphatic heterocycles. The third-order valence-corrected chi connectivity index (χ3v) is 3.11. The molecule has 0 aromatic rings. The Morgan fingerprint density at radius 1 is 1.59 bits per heavy atom. The van der Waals surface area contributed by atoms with Crippen LogP contribution in [0.15, 0.2) is 16.9 Å². The van der Waals surface area contributed by atoms with Crippen molar-refractivity contribution in [3.8, 4) is 0 Å². The summed E-state index contributed by atoms with van der Waals surface area (Å²) in [5, 5.41) is 3.90. The molecule has 0 amide bonds. The normalized spacial score (nSPS) is 20.8. The molecule has 0 saturated carbocycles. The molecule has 7 heteroatoms. The van der Waals surface area contributed by atoms with Gasteiger partial charge in [0.15, 0.2) is 16.0 Å². The first kappa shape index (κ1) is 13.9. The van der Waals surface area contributed by atoms with E-state index < -0.39 is 11.9 Å². The number of thioether (sulfide) groups is 1. The van der Waals surface area contributed by atoms with Crippen molar-refractivity contribution in [3.63, 3.8) is 0 Å². The minimum absolute atomic E-state index is 0.302. The lowest BCUT2D eigenvalue weighted by atomic mass is 9.97. The van der Waals surface area contributed by atoms with Gasteiger partial charge in [0.2, 0.25) is 0 Å². The number of cyclic esters (lactones) is 1. The van der Waals surface area contributed by atoms with E-state index in [0.717, 1.165) is 0 Å². The molecular formula is C10H12N2O3S2. The Morgan fingerprint density at radius 2 is 2.24 bits per heavy atom. The Morgan fingerprint density at radius 3 is 2.76 bits per heavy atom. The fourth-order valence-corrected chi connectivity index (χ4v) is 1.45. The molecule has 1 unspecified atom stereocenters. The highest BCUT2D eigenvalue weighted by Gasteiger charge is 2.33. The van der Waals surface area contributed by atoms with Crippen molar-refractivity contribution >= 4 is 45.8 Å². The van der Waals surface area contributed by atoms with Crippen LogP contribution in [0.25, 0.3) is 0 Å². The van der Waals surface area contributed by atoms with Crippen LogP contribution in [0.5, 0.6) is 0 Å². The van der Waals surface area contributed by atoms with Crippen LogP contribution in [-0.2, 0) is 14.3 Å². The Bertz CT molecular complexity index is 429. The summed E-state index contributed by atoms with van der Waals surface area (Å²) < 4.78 is 5.34. The summed E-state index contributed by atoms with van der Waals surface area (Å²) in [6, 6.07) is 0. The first-order valence-electron chi connectivity index (χ1n) is 4.77. The van der Waals surface area contributed by atoms with E-state index in [1.54, 1.807) is 20.1 Å². The number of allylic oxidation sites excluding steroid dienone is 2. The molecule has 0 spiro atoms. The Kier molecular flexibility index (Phi) is 4.83. The summed E-state index contributed by atoms with van der Waals surface area (Å²) in [6.07, 6.45) is 3.09. The minimum atomic E-state index is -0.976. The maximum Gasteiger partial charge on any atom is 0.327 e. The monoisotopic (exact) mass is 272 g/mol. The molecule has 1 heterocycles. The van der Waals surface area contributed by atoms with E-state index in [0.29, 0.717) is 15.8 Å². The maximum atomic E-state index is 11.6. The predicted molar refractivity (Wildman–Crippen MR) is 70.7 cm³/mol. The number of nitrogens with zero attached hydrogens (tertiary/aromatic N) is 1. The number of thiocarbonyl (C=S) groups is 1. The van der Waals surface area contributed by atoms with Crippen molar-refractivity contribution in [2.75, 3.05) is 6.26 Å². The SMILES string of the molecule is CSC(=S)N/N=C(\C)C1C(=O)C=C(C)OC1=O. The van der Waals surface area contributed by atoms with Crippen molar-refractivity contribution in [2.24, 2.45) is 11.0 Å². The minimum Gasteiger partial charge on any atom is -0.430 e. The van der Waals surface area contributed by atoms with Gasteiger partial charge in [-0.05, 0) is 20.1 Å². The number of carbonyl (C=O) groups is 2. The molecule has 92 valence electrons. The van der Waals surface area contributed by atoms with Crippen LogP contribution < -0.4 is 5.43 Å². The molecule has 5 nitrogen and oxygen atoms in total. The number of hydrogen-bond acceptors (Lipinski definition) is 6. The van der Waals surface area contributed by atoms with E-state index in [9.17, 15) is 9.59 Å². The van der Waals surface area contributed by atoms with Crippen molar-refractivity contribution in [3.05, 3.63) is 11.8 Å². The highest BCUT2D eigenvalue weighted by Crippen LogP contribution is 2.16. The first-order chi connectivity index (χ1) is 7.95. The topological polar surface area (TPSA) is 67.8 Å². The molecule has 1 N–H and O–H groups in total. The second-order valence-electron chi connectivity index (χ2n) is 3.37. The number of ketones is 1. The first-order valence-corrected chi connectivity index (χ1v) is 6.41. The molecule has 0 radical (unpaired) electrons. The number of ether oxygens (including phenoxy) is 1. The summed E-state index contributed by atoms with van der Waals surface area (Å²) in [5.74, 6) is -1.60. The third kappa shape index (κ3) is 3.64. The molecule has 1 aliphatic rings.